The molecule has 2 aromatic heterocycles. The Hall–Kier alpha value is -2.11. The van der Waals surface area contributed by atoms with Gasteiger partial charge in [0.15, 0.2) is 5.13 Å². The summed E-state index contributed by atoms with van der Waals surface area (Å²) >= 11 is 1.73. The molecule has 0 atom stereocenters. The molecule has 0 unspecified atom stereocenters. The van der Waals surface area contributed by atoms with Crippen molar-refractivity contribution < 1.29 is 4.74 Å². The summed E-state index contributed by atoms with van der Waals surface area (Å²) in [5.41, 5.74) is 6.20. The van der Waals surface area contributed by atoms with E-state index in [2.05, 4.69) is 65.1 Å². The number of hydrogen-bond donors (Lipinski definition) is 0. The minimum absolute atomic E-state index is 0.792. The molecule has 0 amide bonds. The predicted molar refractivity (Wildman–Crippen MR) is 104 cm³/mol. The molecule has 3 heterocycles. The third kappa shape index (κ3) is 3.34. The molecule has 3 aromatic rings. The van der Waals surface area contributed by atoms with Crippen LogP contribution in [-0.2, 0) is 11.3 Å². The Morgan fingerprint density at radius 1 is 1.12 bits per heavy atom. The normalized spacial score (nSPS) is 14.9. The van der Waals surface area contributed by atoms with Crippen molar-refractivity contribution in [3.8, 4) is 11.3 Å². The molecule has 0 radical (unpaired) electrons. The van der Waals surface area contributed by atoms with E-state index < -0.39 is 0 Å². The highest BCUT2D eigenvalue weighted by Gasteiger charge is 2.18. The Labute approximate surface area is 152 Å². The molecule has 0 bridgehead atoms. The third-order valence-corrected chi connectivity index (χ3v) is 5.71. The van der Waals surface area contributed by atoms with E-state index in [0.717, 1.165) is 43.7 Å². The van der Waals surface area contributed by atoms with Gasteiger partial charge in [-0.1, -0.05) is 30.3 Å². The van der Waals surface area contributed by atoms with Gasteiger partial charge in [-0.2, -0.15) is 0 Å². The van der Waals surface area contributed by atoms with Crippen molar-refractivity contribution in [2.75, 3.05) is 31.2 Å². The van der Waals surface area contributed by atoms with Crippen LogP contribution in [0.25, 0.3) is 11.3 Å². The van der Waals surface area contributed by atoms with E-state index in [1.807, 2.05) is 0 Å². The first-order chi connectivity index (χ1) is 12.2. The van der Waals surface area contributed by atoms with Crippen LogP contribution in [0.15, 0.2) is 41.8 Å². The summed E-state index contributed by atoms with van der Waals surface area (Å²) in [6.45, 7) is 8.72. The zero-order valence-electron chi connectivity index (χ0n) is 14.7. The van der Waals surface area contributed by atoms with Gasteiger partial charge in [-0.3, -0.25) is 0 Å². The van der Waals surface area contributed by atoms with Crippen molar-refractivity contribution in [2.24, 2.45) is 0 Å². The first kappa shape index (κ1) is 16.4. The SMILES string of the molecule is Cc1cc(-c2csc(N3CCOCC3)n2)c(C)n1Cc1ccccc1. The molecule has 130 valence electrons. The van der Waals surface area contributed by atoms with Crippen LogP contribution in [0, 0.1) is 13.8 Å². The number of morpholine rings is 1. The van der Waals surface area contributed by atoms with Gasteiger partial charge in [0, 0.05) is 42.0 Å². The Bertz CT molecular complexity index is 847. The number of hydrogen-bond acceptors (Lipinski definition) is 4. The lowest BCUT2D eigenvalue weighted by molar-refractivity contribution is 0.122. The van der Waals surface area contributed by atoms with Gasteiger partial charge in [0.05, 0.1) is 18.9 Å². The second-order valence-corrected chi connectivity index (χ2v) is 7.31. The van der Waals surface area contributed by atoms with Gasteiger partial charge >= 0.3 is 0 Å². The second kappa shape index (κ2) is 7.02. The minimum Gasteiger partial charge on any atom is -0.378 e. The van der Waals surface area contributed by atoms with E-state index in [0.29, 0.717) is 0 Å². The summed E-state index contributed by atoms with van der Waals surface area (Å²) in [5.74, 6) is 0. The van der Waals surface area contributed by atoms with E-state index in [1.165, 1.54) is 22.5 Å². The zero-order valence-corrected chi connectivity index (χ0v) is 15.6. The highest BCUT2D eigenvalue weighted by molar-refractivity contribution is 7.14. The second-order valence-electron chi connectivity index (χ2n) is 6.47. The Morgan fingerprint density at radius 3 is 2.64 bits per heavy atom. The van der Waals surface area contributed by atoms with E-state index in [9.17, 15) is 0 Å². The van der Waals surface area contributed by atoms with Crippen LogP contribution in [0.1, 0.15) is 17.0 Å². The summed E-state index contributed by atoms with van der Waals surface area (Å²) in [6.07, 6.45) is 0. The van der Waals surface area contributed by atoms with Crippen molar-refractivity contribution in [1.82, 2.24) is 9.55 Å². The smallest absolute Gasteiger partial charge is 0.186 e. The fourth-order valence-corrected chi connectivity index (χ4v) is 4.24. The molecule has 1 aliphatic heterocycles. The van der Waals surface area contributed by atoms with Gasteiger partial charge in [-0.25, -0.2) is 4.98 Å². The maximum absolute atomic E-state index is 5.44. The van der Waals surface area contributed by atoms with Crippen LogP contribution in [0.2, 0.25) is 0 Å². The predicted octanol–water partition coefficient (Wildman–Crippen LogP) is 4.11. The largest absolute Gasteiger partial charge is 0.378 e. The van der Waals surface area contributed by atoms with Gasteiger partial charge in [-0.15, -0.1) is 11.3 Å². The maximum Gasteiger partial charge on any atom is 0.186 e. The van der Waals surface area contributed by atoms with Gasteiger partial charge < -0.3 is 14.2 Å². The van der Waals surface area contributed by atoms with Crippen LogP contribution in [0.5, 0.6) is 0 Å². The number of rotatable bonds is 4. The minimum atomic E-state index is 0.792. The zero-order chi connectivity index (χ0) is 17.2. The van der Waals surface area contributed by atoms with Crippen LogP contribution >= 0.6 is 11.3 Å². The number of ether oxygens (including phenoxy) is 1. The molecule has 1 saturated heterocycles. The van der Waals surface area contributed by atoms with Gasteiger partial charge in [0.1, 0.15) is 0 Å². The van der Waals surface area contributed by atoms with Crippen LogP contribution in [0.4, 0.5) is 5.13 Å². The number of benzene rings is 1. The standard InChI is InChI=1S/C20H23N3OS/c1-15-12-18(16(2)23(15)13-17-6-4-3-5-7-17)19-14-25-20(21-19)22-8-10-24-11-9-22/h3-7,12,14H,8-11,13H2,1-2H3. The topological polar surface area (TPSA) is 30.3 Å². The summed E-state index contributed by atoms with van der Waals surface area (Å²) in [7, 11) is 0. The van der Waals surface area contributed by atoms with E-state index >= 15 is 0 Å². The first-order valence-corrected chi connectivity index (χ1v) is 9.59. The van der Waals surface area contributed by atoms with Gasteiger partial charge in [0.2, 0.25) is 0 Å². The highest BCUT2D eigenvalue weighted by Crippen LogP contribution is 2.32. The molecular weight excluding hydrogens is 330 g/mol. The Morgan fingerprint density at radius 2 is 1.88 bits per heavy atom. The van der Waals surface area contributed by atoms with E-state index in [-0.39, 0.29) is 0 Å². The van der Waals surface area contributed by atoms with E-state index in [1.54, 1.807) is 11.3 Å². The quantitative estimate of drug-likeness (QED) is 0.707. The third-order valence-electron chi connectivity index (χ3n) is 4.81. The van der Waals surface area contributed by atoms with Crippen LogP contribution in [0.3, 0.4) is 0 Å². The molecule has 25 heavy (non-hydrogen) atoms. The lowest BCUT2D eigenvalue weighted by Gasteiger charge is -2.26. The molecule has 4 nitrogen and oxygen atoms in total. The summed E-state index contributed by atoms with van der Waals surface area (Å²) in [5, 5.41) is 3.28. The van der Waals surface area contributed by atoms with Crippen molar-refractivity contribution in [2.45, 2.75) is 20.4 Å². The van der Waals surface area contributed by atoms with Crippen molar-refractivity contribution in [3.63, 3.8) is 0 Å². The average Bonchev–Trinajstić information content (AvgIpc) is 3.24. The average molecular weight is 353 g/mol. The van der Waals surface area contributed by atoms with Crippen molar-refractivity contribution in [1.29, 1.82) is 0 Å². The molecule has 0 spiro atoms. The number of nitrogens with zero attached hydrogens (tertiary/aromatic N) is 3. The molecule has 1 fully saturated rings. The summed E-state index contributed by atoms with van der Waals surface area (Å²) in [4.78, 5) is 7.22. The van der Waals surface area contributed by atoms with Crippen molar-refractivity contribution >= 4 is 16.5 Å². The van der Waals surface area contributed by atoms with Gasteiger partial charge in [-0.05, 0) is 25.5 Å². The molecule has 0 saturated carbocycles. The van der Waals surface area contributed by atoms with Crippen molar-refractivity contribution in [3.05, 3.63) is 58.7 Å². The number of aromatic nitrogens is 2. The molecular formula is C20H23N3OS. The van der Waals surface area contributed by atoms with Crippen LogP contribution < -0.4 is 4.90 Å². The molecule has 5 heteroatoms. The van der Waals surface area contributed by atoms with Gasteiger partial charge in [0.25, 0.3) is 0 Å². The molecule has 4 rings (SSSR count). The molecule has 1 aliphatic rings. The lowest BCUT2D eigenvalue weighted by Crippen LogP contribution is -2.36. The number of anilines is 1. The summed E-state index contributed by atoms with van der Waals surface area (Å²) in [6, 6.07) is 12.9. The molecule has 1 aromatic carbocycles. The fraction of sp³-hybridized carbons (Fsp3) is 0.350. The highest BCUT2D eigenvalue weighted by atomic mass is 32.1. The molecule has 0 N–H and O–H groups in total. The monoisotopic (exact) mass is 353 g/mol. The maximum atomic E-state index is 5.44. The lowest BCUT2D eigenvalue weighted by atomic mass is 10.2. The Kier molecular flexibility index (Phi) is 4.59. The molecule has 0 aliphatic carbocycles. The first-order valence-electron chi connectivity index (χ1n) is 8.71. The van der Waals surface area contributed by atoms with Crippen LogP contribution in [-0.4, -0.2) is 35.9 Å². The van der Waals surface area contributed by atoms with E-state index in [4.69, 9.17) is 9.72 Å². The Balaban J connectivity index is 1.61. The number of thiazole rings is 1. The number of aryl methyl sites for hydroxylation is 1. The summed E-state index contributed by atoms with van der Waals surface area (Å²) < 4.78 is 7.81. The fourth-order valence-electron chi connectivity index (χ4n) is 3.36.